The van der Waals surface area contributed by atoms with Crippen molar-refractivity contribution in [2.75, 3.05) is 12.4 Å². The standard InChI is InChI=1S/C13H13N5OS/c1-8-5-10(14-2)17-11(16-8)6-18-7-15-12-9(13(18)19)3-4-20-12/h3-5,7H,6H2,1-2H3,(H,14,16,17). The largest absolute Gasteiger partial charge is 0.373 e. The molecular weight excluding hydrogens is 274 g/mol. The highest BCUT2D eigenvalue weighted by Crippen LogP contribution is 2.13. The molecule has 7 heteroatoms. The van der Waals surface area contributed by atoms with Crippen LogP contribution in [0.25, 0.3) is 10.2 Å². The molecule has 0 saturated heterocycles. The Morgan fingerprint density at radius 3 is 3.05 bits per heavy atom. The maximum atomic E-state index is 12.3. The molecule has 0 unspecified atom stereocenters. The highest BCUT2D eigenvalue weighted by molar-refractivity contribution is 7.16. The van der Waals surface area contributed by atoms with Crippen LogP contribution in [0.4, 0.5) is 5.82 Å². The third-order valence-electron chi connectivity index (χ3n) is 2.92. The van der Waals surface area contributed by atoms with E-state index in [4.69, 9.17) is 0 Å². The smallest absolute Gasteiger partial charge is 0.262 e. The lowest BCUT2D eigenvalue weighted by molar-refractivity contribution is 0.704. The molecule has 0 atom stereocenters. The molecule has 3 aromatic rings. The monoisotopic (exact) mass is 287 g/mol. The van der Waals surface area contributed by atoms with E-state index in [1.54, 1.807) is 19.4 Å². The van der Waals surface area contributed by atoms with Crippen LogP contribution in [0.2, 0.25) is 0 Å². The van der Waals surface area contributed by atoms with Gasteiger partial charge in [-0.1, -0.05) is 0 Å². The van der Waals surface area contributed by atoms with Gasteiger partial charge in [-0.25, -0.2) is 15.0 Å². The summed E-state index contributed by atoms with van der Waals surface area (Å²) in [6.45, 7) is 2.21. The highest BCUT2D eigenvalue weighted by Gasteiger charge is 2.08. The van der Waals surface area contributed by atoms with Crippen molar-refractivity contribution in [1.29, 1.82) is 0 Å². The molecule has 0 amide bonds. The van der Waals surface area contributed by atoms with Crippen molar-refractivity contribution < 1.29 is 0 Å². The molecule has 0 fully saturated rings. The summed E-state index contributed by atoms with van der Waals surface area (Å²) in [7, 11) is 1.80. The SMILES string of the molecule is CNc1cc(C)nc(Cn2cnc3sccc3c2=O)n1. The number of aromatic nitrogens is 4. The Balaban J connectivity index is 2.02. The minimum atomic E-state index is -0.0626. The Kier molecular flexibility index (Phi) is 3.19. The van der Waals surface area contributed by atoms with Crippen molar-refractivity contribution in [2.24, 2.45) is 0 Å². The summed E-state index contributed by atoms with van der Waals surface area (Å²) in [6.07, 6.45) is 1.55. The molecule has 0 aliphatic rings. The van der Waals surface area contributed by atoms with E-state index in [2.05, 4.69) is 20.3 Å². The molecule has 3 heterocycles. The lowest BCUT2D eigenvalue weighted by atomic mass is 10.4. The average Bonchev–Trinajstić information content (AvgIpc) is 2.90. The summed E-state index contributed by atoms with van der Waals surface area (Å²) in [5, 5.41) is 5.49. The number of aryl methyl sites for hydroxylation is 1. The van der Waals surface area contributed by atoms with Gasteiger partial charge >= 0.3 is 0 Å². The van der Waals surface area contributed by atoms with Gasteiger partial charge in [-0.05, 0) is 18.4 Å². The lowest BCUT2D eigenvalue weighted by Gasteiger charge is -2.07. The van der Waals surface area contributed by atoms with Crippen LogP contribution in [0.15, 0.2) is 28.6 Å². The van der Waals surface area contributed by atoms with E-state index < -0.39 is 0 Å². The van der Waals surface area contributed by atoms with E-state index in [-0.39, 0.29) is 5.56 Å². The number of hydrogen-bond acceptors (Lipinski definition) is 6. The molecule has 0 radical (unpaired) electrons. The fourth-order valence-corrected chi connectivity index (χ4v) is 2.71. The summed E-state index contributed by atoms with van der Waals surface area (Å²) in [6, 6.07) is 3.65. The predicted octanol–water partition coefficient (Wildman–Crippen LogP) is 1.65. The van der Waals surface area contributed by atoms with Gasteiger partial charge < -0.3 is 5.32 Å². The molecule has 102 valence electrons. The number of nitrogens with one attached hydrogen (secondary N) is 1. The van der Waals surface area contributed by atoms with Crippen LogP contribution in [0, 0.1) is 6.92 Å². The van der Waals surface area contributed by atoms with Crippen LogP contribution in [0.3, 0.4) is 0 Å². The van der Waals surface area contributed by atoms with Gasteiger partial charge in [0.2, 0.25) is 0 Å². The highest BCUT2D eigenvalue weighted by atomic mass is 32.1. The number of rotatable bonds is 3. The molecule has 0 spiro atoms. The van der Waals surface area contributed by atoms with Crippen molar-refractivity contribution in [3.63, 3.8) is 0 Å². The molecular formula is C13H13N5OS. The molecule has 0 bridgehead atoms. The first kappa shape index (κ1) is 12.7. The number of hydrogen-bond donors (Lipinski definition) is 1. The molecule has 0 aliphatic heterocycles. The summed E-state index contributed by atoms with van der Waals surface area (Å²) in [5.41, 5.74) is 0.796. The Hall–Kier alpha value is -2.28. The van der Waals surface area contributed by atoms with Gasteiger partial charge in [-0.15, -0.1) is 11.3 Å². The van der Waals surface area contributed by atoms with Crippen molar-refractivity contribution in [2.45, 2.75) is 13.5 Å². The first-order valence-corrected chi connectivity index (χ1v) is 7.00. The van der Waals surface area contributed by atoms with Gasteiger partial charge in [-0.2, -0.15) is 0 Å². The second kappa shape index (κ2) is 5.01. The van der Waals surface area contributed by atoms with E-state index >= 15 is 0 Å². The Labute approximate surface area is 119 Å². The fraction of sp³-hybridized carbons (Fsp3) is 0.231. The van der Waals surface area contributed by atoms with Gasteiger partial charge in [0.05, 0.1) is 18.3 Å². The molecule has 3 aromatic heterocycles. The zero-order valence-electron chi connectivity index (χ0n) is 11.1. The van der Waals surface area contributed by atoms with E-state index in [1.807, 2.05) is 18.4 Å². The van der Waals surface area contributed by atoms with E-state index in [9.17, 15) is 4.79 Å². The Morgan fingerprint density at radius 1 is 1.40 bits per heavy atom. The maximum Gasteiger partial charge on any atom is 0.262 e. The molecule has 1 N–H and O–H groups in total. The summed E-state index contributed by atoms with van der Waals surface area (Å²) < 4.78 is 1.53. The van der Waals surface area contributed by atoms with Crippen LogP contribution in [0.5, 0.6) is 0 Å². The van der Waals surface area contributed by atoms with E-state index in [1.165, 1.54) is 15.9 Å². The molecule has 3 rings (SSSR count). The van der Waals surface area contributed by atoms with Gasteiger partial charge in [0.1, 0.15) is 10.6 Å². The van der Waals surface area contributed by atoms with Crippen LogP contribution in [0.1, 0.15) is 11.5 Å². The molecule has 0 aliphatic carbocycles. The zero-order valence-corrected chi connectivity index (χ0v) is 11.9. The fourth-order valence-electron chi connectivity index (χ4n) is 1.99. The van der Waals surface area contributed by atoms with Crippen LogP contribution in [-0.2, 0) is 6.54 Å². The zero-order chi connectivity index (χ0) is 14.1. The van der Waals surface area contributed by atoms with Crippen molar-refractivity contribution >= 4 is 27.4 Å². The third-order valence-corrected chi connectivity index (χ3v) is 3.74. The molecule has 6 nitrogen and oxygen atoms in total. The van der Waals surface area contributed by atoms with Crippen LogP contribution in [-0.4, -0.2) is 26.6 Å². The third kappa shape index (κ3) is 2.27. The normalized spacial score (nSPS) is 10.9. The first-order chi connectivity index (χ1) is 9.67. The Morgan fingerprint density at radius 2 is 2.25 bits per heavy atom. The summed E-state index contributed by atoms with van der Waals surface area (Å²) >= 11 is 1.46. The summed E-state index contributed by atoms with van der Waals surface area (Å²) in [5.74, 6) is 1.33. The average molecular weight is 287 g/mol. The van der Waals surface area contributed by atoms with Crippen molar-refractivity contribution in [1.82, 2.24) is 19.5 Å². The Bertz CT molecular complexity index is 823. The molecule has 20 heavy (non-hydrogen) atoms. The number of nitrogens with zero attached hydrogens (tertiary/aromatic N) is 4. The molecule has 0 aromatic carbocycles. The number of fused-ring (bicyclic) bond motifs is 1. The molecule has 0 saturated carbocycles. The topological polar surface area (TPSA) is 72.7 Å². The lowest BCUT2D eigenvalue weighted by Crippen LogP contribution is -2.21. The van der Waals surface area contributed by atoms with Gasteiger partial charge in [0, 0.05) is 18.8 Å². The quantitative estimate of drug-likeness (QED) is 0.793. The van der Waals surface area contributed by atoms with Crippen molar-refractivity contribution in [3.05, 3.63) is 45.7 Å². The summed E-state index contributed by atoms with van der Waals surface area (Å²) in [4.78, 5) is 26.0. The van der Waals surface area contributed by atoms with E-state index in [0.717, 1.165) is 16.3 Å². The number of thiophene rings is 1. The van der Waals surface area contributed by atoms with Gasteiger partial charge in [0.15, 0.2) is 5.82 Å². The van der Waals surface area contributed by atoms with Gasteiger partial charge in [-0.3, -0.25) is 9.36 Å². The van der Waals surface area contributed by atoms with Crippen molar-refractivity contribution in [3.8, 4) is 0 Å². The van der Waals surface area contributed by atoms with Crippen LogP contribution >= 0.6 is 11.3 Å². The van der Waals surface area contributed by atoms with Crippen LogP contribution < -0.4 is 10.9 Å². The van der Waals surface area contributed by atoms with E-state index in [0.29, 0.717) is 17.8 Å². The predicted molar refractivity (Wildman–Crippen MR) is 79.3 cm³/mol. The second-order valence-corrected chi connectivity index (χ2v) is 5.27. The van der Waals surface area contributed by atoms with Gasteiger partial charge in [0.25, 0.3) is 5.56 Å². The second-order valence-electron chi connectivity index (χ2n) is 4.38. The first-order valence-electron chi connectivity index (χ1n) is 6.12. The maximum absolute atomic E-state index is 12.3. The minimum Gasteiger partial charge on any atom is -0.373 e. The number of anilines is 1. The minimum absolute atomic E-state index is 0.0626.